The summed E-state index contributed by atoms with van der Waals surface area (Å²) in [6.45, 7) is 16.0. The van der Waals surface area contributed by atoms with Crippen LogP contribution in [0.4, 0.5) is 37.7 Å². The fraction of sp³-hybridized carbons (Fsp3) is 0.0274. The van der Waals surface area contributed by atoms with Crippen LogP contribution in [0.25, 0.3) is 131 Å². The Morgan fingerprint density at radius 3 is 1.15 bits per heavy atom. The number of aromatic nitrogens is 2. The van der Waals surface area contributed by atoms with E-state index >= 15 is 26.3 Å². The lowest BCUT2D eigenvalue weighted by atomic mass is 9.90. The topological polar surface area (TPSA) is 90.0 Å². The first-order valence-electron chi connectivity index (χ1n) is 26.8. The molecule has 406 valence electrons. The zero-order valence-corrected chi connectivity index (χ0v) is 44.8. The molecule has 0 fully saturated rings. The van der Waals surface area contributed by atoms with E-state index < -0.39 is 29.0 Å². The SMILES string of the molecule is [C-]#[N+]c1ccccc1-c1ccc2c(c1)c1cc(-c3ccccc3C#N)ccc1n2-c1ccc(-c2c(C(F)(F)F)cccc2C(F)(F)F)cc1-c1ccc(C#N)cc1-n1c2ccc(-c3ccccc3C#N)cc2c2cc(-c3ccccc3[N+]#[C-])ccc21. The van der Waals surface area contributed by atoms with E-state index in [9.17, 15) is 15.8 Å². The summed E-state index contributed by atoms with van der Waals surface area (Å²) in [5, 5.41) is 34.0. The van der Waals surface area contributed by atoms with Crippen LogP contribution < -0.4 is 0 Å². The molecule has 0 saturated heterocycles. The van der Waals surface area contributed by atoms with Gasteiger partial charge in [-0.05, 0) is 147 Å². The van der Waals surface area contributed by atoms with Crippen LogP contribution in [-0.4, -0.2) is 9.13 Å². The highest BCUT2D eigenvalue weighted by molar-refractivity contribution is 6.14. The van der Waals surface area contributed by atoms with Crippen molar-refractivity contribution < 1.29 is 26.3 Å². The molecule has 0 aliphatic rings. The number of benzene rings is 11. The van der Waals surface area contributed by atoms with Crippen LogP contribution in [0.3, 0.4) is 0 Å². The lowest BCUT2D eigenvalue weighted by Gasteiger charge is -2.22. The van der Waals surface area contributed by atoms with Crippen LogP contribution in [0, 0.1) is 47.1 Å². The van der Waals surface area contributed by atoms with E-state index in [0.29, 0.717) is 140 Å². The van der Waals surface area contributed by atoms with Gasteiger partial charge in [0.1, 0.15) is 0 Å². The minimum atomic E-state index is -5.23. The first kappa shape index (κ1) is 53.4. The van der Waals surface area contributed by atoms with E-state index in [4.69, 9.17) is 13.1 Å². The number of rotatable bonds is 8. The molecule has 0 N–H and O–H groups in total. The van der Waals surface area contributed by atoms with Crippen molar-refractivity contribution >= 4 is 55.0 Å². The summed E-state index contributed by atoms with van der Waals surface area (Å²) in [6, 6.07) is 69.2. The lowest BCUT2D eigenvalue weighted by molar-refractivity contribution is -0.142. The Morgan fingerprint density at radius 2 is 0.733 bits per heavy atom. The molecule has 13 heteroatoms. The molecular formula is C73H37F6N7. The van der Waals surface area contributed by atoms with E-state index in [1.54, 1.807) is 66.7 Å². The number of nitriles is 3. The largest absolute Gasteiger partial charge is 0.417 e. The molecule has 0 aliphatic carbocycles. The minimum absolute atomic E-state index is 0.185. The van der Waals surface area contributed by atoms with Crippen LogP contribution in [0.1, 0.15) is 27.8 Å². The first-order chi connectivity index (χ1) is 41.7. The van der Waals surface area contributed by atoms with Gasteiger partial charge in [-0.25, -0.2) is 9.69 Å². The summed E-state index contributed by atoms with van der Waals surface area (Å²) >= 11 is 0. The van der Waals surface area contributed by atoms with Crippen LogP contribution in [0.15, 0.2) is 224 Å². The van der Waals surface area contributed by atoms with Gasteiger partial charge >= 0.3 is 12.4 Å². The predicted octanol–water partition coefficient (Wildman–Crippen LogP) is 20.6. The third-order valence-corrected chi connectivity index (χ3v) is 15.8. The number of fused-ring (bicyclic) bond motifs is 6. The van der Waals surface area contributed by atoms with Gasteiger partial charge < -0.3 is 9.13 Å². The smallest absolute Gasteiger partial charge is 0.309 e. The summed E-state index contributed by atoms with van der Waals surface area (Å²) in [6.07, 6.45) is -10.5. The molecule has 13 rings (SSSR count). The monoisotopic (exact) mass is 1130 g/mol. The summed E-state index contributed by atoms with van der Waals surface area (Å²) in [5.41, 5.74) is 6.39. The van der Waals surface area contributed by atoms with Gasteiger partial charge in [-0.15, -0.1) is 0 Å². The predicted molar refractivity (Wildman–Crippen MR) is 324 cm³/mol. The molecule has 11 aromatic carbocycles. The summed E-state index contributed by atoms with van der Waals surface area (Å²) in [7, 11) is 0. The van der Waals surface area contributed by atoms with E-state index in [0.717, 1.165) is 6.07 Å². The highest BCUT2D eigenvalue weighted by Crippen LogP contribution is 2.49. The zero-order valence-electron chi connectivity index (χ0n) is 44.8. The van der Waals surface area contributed by atoms with Crippen molar-refractivity contribution in [3.05, 3.63) is 275 Å². The van der Waals surface area contributed by atoms with Gasteiger partial charge in [0.05, 0.1) is 92.6 Å². The Balaban J connectivity index is 1.16. The number of halogens is 6. The fourth-order valence-electron chi connectivity index (χ4n) is 12.0. The quantitative estimate of drug-likeness (QED) is 0.112. The van der Waals surface area contributed by atoms with Gasteiger partial charge in [0.2, 0.25) is 0 Å². The number of nitrogens with zero attached hydrogens (tertiary/aromatic N) is 7. The second kappa shape index (κ2) is 20.8. The molecular weight excluding hydrogens is 1090 g/mol. The maximum absolute atomic E-state index is 15.3. The molecule has 86 heavy (non-hydrogen) atoms. The second-order valence-corrected chi connectivity index (χ2v) is 20.5. The van der Waals surface area contributed by atoms with Crippen molar-refractivity contribution in [2.24, 2.45) is 0 Å². The highest BCUT2D eigenvalue weighted by atomic mass is 19.4. The van der Waals surface area contributed by atoms with Gasteiger partial charge in [-0.1, -0.05) is 127 Å². The van der Waals surface area contributed by atoms with Gasteiger partial charge in [0, 0.05) is 38.2 Å². The van der Waals surface area contributed by atoms with Crippen molar-refractivity contribution in [3.63, 3.8) is 0 Å². The van der Waals surface area contributed by atoms with E-state index in [1.807, 2.05) is 130 Å². The van der Waals surface area contributed by atoms with Crippen molar-refractivity contribution in [1.29, 1.82) is 15.8 Å². The zero-order chi connectivity index (χ0) is 59.6. The van der Waals surface area contributed by atoms with Crippen LogP contribution in [0.2, 0.25) is 0 Å². The number of alkyl halides is 6. The molecule has 0 radical (unpaired) electrons. The lowest BCUT2D eigenvalue weighted by Crippen LogP contribution is -2.14. The van der Waals surface area contributed by atoms with Crippen LogP contribution >= 0.6 is 0 Å². The molecule has 0 bridgehead atoms. The molecule has 7 nitrogen and oxygen atoms in total. The molecule has 0 unspecified atom stereocenters. The molecule has 0 saturated carbocycles. The standard InChI is InChI=1S/C73H37F6N7/c1-83-63-20-9-7-16-53(63)46-25-31-67-59(37-46)57-35-44(51-14-5-3-12-49(51)41-81)23-29-66(57)85(67)65-33-27-48(71-61(72(74,75)76)18-11-19-62(71)73(77,78)79)39-56(65)55-28-22-43(40-80)34-70(55)86-68-30-24-45(52-15-6-4-13-50(52)42-82)36-58(68)60-38-47(26-32-69(60)86)54-17-8-10-21-64(54)84-2/h3-39H. The molecule has 2 aromatic heterocycles. The van der Waals surface area contributed by atoms with Crippen molar-refractivity contribution in [2.75, 3.05) is 0 Å². The summed E-state index contributed by atoms with van der Waals surface area (Å²) < 4.78 is 95.6. The third-order valence-electron chi connectivity index (χ3n) is 15.8. The molecule has 0 amide bonds. The van der Waals surface area contributed by atoms with E-state index in [-0.39, 0.29) is 16.7 Å². The van der Waals surface area contributed by atoms with Crippen LogP contribution in [0.5, 0.6) is 0 Å². The molecule has 2 heterocycles. The van der Waals surface area contributed by atoms with Crippen molar-refractivity contribution in [3.8, 4) is 96.3 Å². The van der Waals surface area contributed by atoms with Crippen molar-refractivity contribution in [1.82, 2.24) is 9.13 Å². The molecule has 0 spiro atoms. The maximum Gasteiger partial charge on any atom is 0.417 e. The maximum atomic E-state index is 15.3. The highest BCUT2D eigenvalue weighted by Gasteiger charge is 2.41. The first-order valence-corrected chi connectivity index (χ1v) is 26.8. The number of hydrogen-bond acceptors (Lipinski definition) is 3. The molecule has 13 aromatic rings. The third kappa shape index (κ3) is 8.91. The molecule has 0 aliphatic heterocycles. The summed E-state index contributed by atoms with van der Waals surface area (Å²) in [5.74, 6) is 0. The Bertz CT molecular complexity index is 4980. The minimum Gasteiger partial charge on any atom is -0.309 e. The normalized spacial score (nSPS) is 11.5. The molecule has 0 atom stereocenters. The van der Waals surface area contributed by atoms with Gasteiger partial charge in [-0.2, -0.15) is 42.1 Å². The number of hydrogen-bond donors (Lipinski definition) is 0. The Hall–Kier alpha value is -12.0. The number of para-hydroxylation sites is 2. The average Bonchev–Trinajstić information content (AvgIpc) is 1.67. The Kier molecular flexibility index (Phi) is 12.9. The van der Waals surface area contributed by atoms with Gasteiger partial charge in [0.25, 0.3) is 0 Å². The van der Waals surface area contributed by atoms with E-state index in [2.05, 4.69) is 27.9 Å². The van der Waals surface area contributed by atoms with Crippen molar-refractivity contribution in [2.45, 2.75) is 12.4 Å². The second-order valence-electron chi connectivity index (χ2n) is 20.5. The Labute approximate surface area is 487 Å². The van der Waals surface area contributed by atoms with E-state index in [1.165, 1.54) is 18.2 Å². The fourth-order valence-corrected chi connectivity index (χ4v) is 12.0. The van der Waals surface area contributed by atoms with Gasteiger partial charge in [0.15, 0.2) is 11.4 Å². The summed E-state index contributed by atoms with van der Waals surface area (Å²) in [4.78, 5) is 7.59. The average molecular weight is 1130 g/mol. The van der Waals surface area contributed by atoms with Gasteiger partial charge in [-0.3, -0.25) is 0 Å². The van der Waals surface area contributed by atoms with Crippen LogP contribution in [-0.2, 0) is 12.4 Å². The Morgan fingerprint density at radius 1 is 0.337 bits per heavy atom.